The van der Waals surface area contributed by atoms with E-state index in [-0.39, 0.29) is 22.8 Å². The van der Waals surface area contributed by atoms with Crippen LogP contribution in [0.3, 0.4) is 0 Å². The van der Waals surface area contributed by atoms with Crippen LogP contribution < -0.4 is 0 Å². The fourth-order valence-electron chi connectivity index (χ4n) is 2.33. The Labute approximate surface area is 112 Å². The van der Waals surface area contributed by atoms with Gasteiger partial charge in [-0.05, 0) is 37.8 Å². The number of carboxylic acids is 1. The van der Waals surface area contributed by atoms with E-state index in [1.807, 2.05) is 13.8 Å². The van der Waals surface area contributed by atoms with Crippen LogP contribution in [0.5, 0.6) is 0 Å². The molecular formula is C12H17NO5S. The van der Waals surface area contributed by atoms with E-state index in [9.17, 15) is 13.2 Å². The second-order valence-corrected chi connectivity index (χ2v) is 6.72. The molecule has 2 heterocycles. The third-order valence-electron chi connectivity index (χ3n) is 3.67. The Kier molecular flexibility index (Phi) is 3.69. The molecule has 7 heteroatoms. The number of piperidine rings is 1. The summed E-state index contributed by atoms with van der Waals surface area (Å²) in [6.07, 6.45) is 1.79. The molecule has 1 aliphatic rings. The molecule has 2 atom stereocenters. The van der Waals surface area contributed by atoms with Crippen LogP contribution in [0, 0.1) is 5.92 Å². The zero-order valence-corrected chi connectivity index (χ0v) is 11.7. The summed E-state index contributed by atoms with van der Waals surface area (Å²) >= 11 is 0. The lowest BCUT2D eigenvalue weighted by molar-refractivity contribution is 0.0656. The fourth-order valence-corrected chi connectivity index (χ4v) is 4.01. The highest BCUT2D eigenvalue weighted by Gasteiger charge is 2.36. The van der Waals surface area contributed by atoms with Gasteiger partial charge in [0.05, 0.1) is 0 Å². The number of hydrogen-bond donors (Lipinski definition) is 1. The van der Waals surface area contributed by atoms with Crippen LogP contribution in [0.1, 0.15) is 37.2 Å². The van der Waals surface area contributed by atoms with Gasteiger partial charge in [0, 0.05) is 12.6 Å². The van der Waals surface area contributed by atoms with E-state index in [0.717, 1.165) is 18.9 Å². The number of carboxylic acid groups (broad SMARTS) is 1. The van der Waals surface area contributed by atoms with Gasteiger partial charge in [0.1, 0.15) is 0 Å². The summed E-state index contributed by atoms with van der Waals surface area (Å²) < 4.78 is 31.1. The zero-order chi connectivity index (χ0) is 14.2. The van der Waals surface area contributed by atoms with Crippen molar-refractivity contribution in [3.05, 3.63) is 17.9 Å². The van der Waals surface area contributed by atoms with Gasteiger partial charge >= 0.3 is 5.97 Å². The first-order chi connectivity index (χ1) is 8.84. The first-order valence-corrected chi connectivity index (χ1v) is 7.63. The van der Waals surface area contributed by atoms with E-state index in [2.05, 4.69) is 0 Å². The van der Waals surface area contributed by atoms with Gasteiger partial charge in [-0.25, -0.2) is 13.2 Å². The van der Waals surface area contributed by atoms with Crippen molar-refractivity contribution in [3.63, 3.8) is 0 Å². The van der Waals surface area contributed by atoms with Crippen molar-refractivity contribution in [2.75, 3.05) is 6.54 Å². The van der Waals surface area contributed by atoms with Crippen LogP contribution in [0.25, 0.3) is 0 Å². The molecule has 1 N–H and O–H groups in total. The lowest BCUT2D eigenvalue weighted by Gasteiger charge is -2.36. The number of furan rings is 1. The maximum atomic E-state index is 12.4. The molecule has 0 amide bonds. The van der Waals surface area contributed by atoms with Crippen molar-refractivity contribution in [1.82, 2.24) is 4.31 Å². The number of aromatic carboxylic acids is 1. The van der Waals surface area contributed by atoms with Crippen molar-refractivity contribution < 1.29 is 22.7 Å². The Hall–Kier alpha value is -1.34. The van der Waals surface area contributed by atoms with Crippen LogP contribution in [0.4, 0.5) is 0 Å². The molecule has 1 saturated heterocycles. The van der Waals surface area contributed by atoms with Gasteiger partial charge in [-0.2, -0.15) is 4.31 Å². The van der Waals surface area contributed by atoms with E-state index >= 15 is 0 Å². The first-order valence-electron chi connectivity index (χ1n) is 6.19. The minimum Gasteiger partial charge on any atom is -0.475 e. The van der Waals surface area contributed by atoms with Crippen molar-refractivity contribution >= 4 is 16.0 Å². The SMILES string of the molecule is CC1CCCN(S(=O)(=O)c2ccc(C(=O)O)o2)C1C. The number of hydrogen-bond acceptors (Lipinski definition) is 4. The molecule has 1 aromatic heterocycles. The summed E-state index contributed by atoms with van der Waals surface area (Å²) in [6.45, 7) is 4.32. The maximum Gasteiger partial charge on any atom is 0.371 e. The summed E-state index contributed by atoms with van der Waals surface area (Å²) in [5, 5.41) is 8.47. The molecule has 6 nitrogen and oxygen atoms in total. The second kappa shape index (κ2) is 4.97. The van der Waals surface area contributed by atoms with Gasteiger partial charge in [-0.1, -0.05) is 6.92 Å². The quantitative estimate of drug-likeness (QED) is 0.915. The monoisotopic (exact) mass is 287 g/mol. The summed E-state index contributed by atoms with van der Waals surface area (Å²) in [5.41, 5.74) is 0. The number of rotatable bonds is 3. The van der Waals surface area contributed by atoms with Gasteiger partial charge in [-0.15, -0.1) is 0 Å². The molecule has 106 valence electrons. The maximum absolute atomic E-state index is 12.4. The number of nitrogens with zero attached hydrogens (tertiary/aromatic N) is 1. The van der Waals surface area contributed by atoms with E-state index in [1.54, 1.807) is 0 Å². The standard InChI is InChI=1S/C12H17NO5S/c1-8-4-3-7-13(9(8)2)19(16,17)11-6-5-10(18-11)12(14)15/h5-6,8-9H,3-4,7H2,1-2H3,(H,14,15). The largest absolute Gasteiger partial charge is 0.475 e. The zero-order valence-electron chi connectivity index (χ0n) is 10.9. The summed E-state index contributed by atoms with van der Waals surface area (Å²) in [5.74, 6) is -1.37. The predicted octanol–water partition coefficient (Wildman–Crippen LogP) is 1.79. The van der Waals surface area contributed by atoms with Crippen molar-refractivity contribution in [3.8, 4) is 0 Å². The minimum atomic E-state index is -3.75. The molecule has 0 saturated carbocycles. The first kappa shape index (κ1) is 14.1. The highest BCUT2D eigenvalue weighted by Crippen LogP contribution is 2.29. The third kappa shape index (κ3) is 2.52. The average Bonchev–Trinajstić information content (AvgIpc) is 2.82. The molecular weight excluding hydrogens is 270 g/mol. The topological polar surface area (TPSA) is 87.8 Å². The molecule has 19 heavy (non-hydrogen) atoms. The molecule has 0 aromatic carbocycles. The molecule has 1 aliphatic heterocycles. The van der Waals surface area contributed by atoms with Crippen molar-refractivity contribution in [2.45, 2.75) is 37.8 Å². The molecule has 0 radical (unpaired) electrons. The van der Waals surface area contributed by atoms with E-state index < -0.39 is 16.0 Å². The van der Waals surface area contributed by atoms with E-state index in [1.165, 1.54) is 10.4 Å². The van der Waals surface area contributed by atoms with Crippen LogP contribution >= 0.6 is 0 Å². The third-order valence-corrected chi connectivity index (χ3v) is 5.53. The molecule has 2 rings (SSSR count). The minimum absolute atomic E-state index is 0.114. The van der Waals surface area contributed by atoms with Crippen LogP contribution in [0.15, 0.2) is 21.6 Å². The number of carbonyl (C=O) groups is 1. The lowest BCUT2D eigenvalue weighted by atomic mass is 9.94. The summed E-state index contributed by atoms with van der Waals surface area (Å²) in [7, 11) is -3.75. The Bertz CT molecular complexity index is 577. The second-order valence-electron chi connectivity index (χ2n) is 4.90. The molecule has 0 bridgehead atoms. The lowest BCUT2D eigenvalue weighted by Crippen LogP contribution is -2.45. The van der Waals surface area contributed by atoms with Crippen LogP contribution in [-0.4, -0.2) is 36.4 Å². The Morgan fingerprint density at radius 2 is 2.11 bits per heavy atom. The molecule has 1 aromatic rings. The Balaban J connectivity index is 2.33. The molecule has 2 unspecified atom stereocenters. The average molecular weight is 287 g/mol. The van der Waals surface area contributed by atoms with Crippen LogP contribution in [-0.2, 0) is 10.0 Å². The van der Waals surface area contributed by atoms with E-state index in [4.69, 9.17) is 9.52 Å². The molecule has 0 aliphatic carbocycles. The van der Waals surface area contributed by atoms with Gasteiger partial charge in [0.25, 0.3) is 10.0 Å². The smallest absolute Gasteiger partial charge is 0.371 e. The van der Waals surface area contributed by atoms with Crippen molar-refractivity contribution in [2.24, 2.45) is 5.92 Å². The van der Waals surface area contributed by atoms with Crippen molar-refractivity contribution in [1.29, 1.82) is 0 Å². The van der Waals surface area contributed by atoms with Gasteiger partial charge in [-0.3, -0.25) is 0 Å². The van der Waals surface area contributed by atoms with Crippen LogP contribution in [0.2, 0.25) is 0 Å². The summed E-state index contributed by atoms with van der Waals surface area (Å²) in [4.78, 5) is 10.7. The van der Waals surface area contributed by atoms with Gasteiger partial charge in [0.15, 0.2) is 0 Å². The van der Waals surface area contributed by atoms with Gasteiger partial charge < -0.3 is 9.52 Å². The normalized spacial score (nSPS) is 25.4. The number of sulfonamides is 1. The molecule has 0 spiro atoms. The van der Waals surface area contributed by atoms with E-state index in [0.29, 0.717) is 6.54 Å². The summed E-state index contributed by atoms with van der Waals surface area (Å²) in [6, 6.07) is 2.25. The highest BCUT2D eigenvalue weighted by molar-refractivity contribution is 7.89. The highest BCUT2D eigenvalue weighted by atomic mass is 32.2. The fraction of sp³-hybridized carbons (Fsp3) is 0.583. The Morgan fingerprint density at radius 1 is 1.42 bits per heavy atom. The Morgan fingerprint density at radius 3 is 2.68 bits per heavy atom. The molecule has 1 fully saturated rings. The predicted molar refractivity (Wildman–Crippen MR) is 67.4 cm³/mol. The van der Waals surface area contributed by atoms with Gasteiger partial charge in [0.2, 0.25) is 10.9 Å².